The fourth-order valence-corrected chi connectivity index (χ4v) is 3.72. The van der Waals surface area contributed by atoms with E-state index in [9.17, 15) is 4.79 Å². The van der Waals surface area contributed by atoms with Crippen LogP contribution in [0.3, 0.4) is 0 Å². The van der Waals surface area contributed by atoms with E-state index in [1.807, 2.05) is 61.0 Å². The minimum atomic E-state index is -0.0867. The SMILES string of the molecule is COc1cccc(-c2nnc(SCC(=O)Nc3ccc(Br)cc3C)n2C)c1. The molecule has 1 amide bonds. The molecule has 0 aliphatic carbocycles. The van der Waals surface area contributed by atoms with E-state index in [4.69, 9.17) is 4.74 Å². The number of halogens is 1. The molecule has 6 nitrogen and oxygen atoms in total. The van der Waals surface area contributed by atoms with Crippen LogP contribution in [0.1, 0.15) is 5.56 Å². The molecule has 0 atom stereocenters. The number of benzene rings is 2. The third kappa shape index (κ3) is 4.70. The second-order valence-electron chi connectivity index (χ2n) is 5.89. The van der Waals surface area contributed by atoms with Crippen LogP contribution in [0, 0.1) is 6.92 Å². The highest BCUT2D eigenvalue weighted by molar-refractivity contribution is 9.10. The van der Waals surface area contributed by atoms with E-state index in [0.29, 0.717) is 5.16 Å². The first kappa shape index (κ1) is 19.4. The van der Waals surface area contributed by atoms with Gasteiger partial charge in [-0.2, -0.15) is 0 Å². The number of amides is 1. The highest BCUT2D eigenvalue weighted by atomic mass is 79.9. The topological polar surface area (TPSA) is 69.0 Å². The summed E-state index contributed by atoms with van der Waals surface area (Å²) in [7, 11) is 3.51. The molecule has 0 saturated heterocycles. The zero-order valence-corrected chi connectivity index (χ0v) is 17.6. The van der Waals surface area contributed by atoms with Gasteiger partial charge in [0, 0.05) is 22.8 Å². The van der Waals surface area contributed by atoms with Crippen LogP contribution in [0.25, 0.3) is 11.4 Å². The van der Waals surface area contributed by atoms with Crippen molar-refractivity contribution >= 4 is 39.3 Å². The number of anilines is 1. The Balaban J connectivity index is 1.66. The summed E-state index contributed by atoms with van der Waals surface area (Å²) in [6, 6.07) is 13.4. The van der Waals surface area contributed by atoms with E-state index in [1.165, 1.54) is 11.8 Å². The van der Waals surface area contributed by atoms with Gasteiger partial charge in [-0.3, -0.25) is 4.79 Å². The van der Waals surface area contributed by atoms with Gasteiger partial charge in [-0.1, -0.05) is 39.8 Å². The van der Waals surface area contributed by atoms with E-state index >= 15 is 0 Å². The molecule has 140 valence electrons. The Labute approximate surface area is 170 Å². The minimum absolute atomic E-state index is 0.0867. The van der Waals surface area contributed by atoms with Crippen molar-refractivity contribution in [2.24, 2.45) is 7.05 Å². The smallest absolute Gasteiger partial charge is 0.234 e. The highest BCUT2D eigenvalue weighted by Crippen LogP contribution is 2.26. The molecule has 0 bridgehead atoms. The van der Waals surface area contributed by atoms with Crippen molar-refractivity contribution in [3.63, 3.8) is 0 Å². The second-order valence-corrected chi connectivity index (χ2v) is 7.75. The van der Waals surface area contributed by atoms with Gasteiger partial charge in [-0.25, -0.2) is 0 Å². The number of rotatable bonds is 6. The fraction of sp³-hybridized carbons (Fsp3) is 0.211. The van der Waals surface area contributed by atoms with Crippen LogP contribution in [0.2, 0.25) is 0 Å². The van der Waals surface area contributed by atoms with Crippen LogP contribution in [-0.2, 0) is 11.8 Å². The van der Waals surface area contributed by atoms with Gasteiger partial charge in [0.25, 0.3) is 0 Å². The van der Waals surface area contributed by atoms with Crippen LogP contribution in [0.4, 0.5) is 5.69 Å². The summed E-state index contributed by atoms with van der Waals surface area (Å²) in [5.41, 5.74) is 2.71. The average molecular weight is 447 g/mol. The molecular weight excluding hydrogens is 428 g/mol. The van der Waals surface area contributed by atoms with E-state index in [2.05, 4.69) is 31.4 Å². The number of thioether (sulfide) groups is 1. The lowest BCUT2D eigenvalue weighted by Crippen LogP contribution is -2.15. The van der Waals surface area contributed by atoms with Gasteiger partial charge in [0.15, 0.2) is 11.0 Å². The van der Waals surface area contributed by atoms with Crippen molar-refractivity contribution in [3.8, 4) is 17.1 Å². The quantitative estimate of drug-likeness (QED) is 0.571. The van der Waals surface area contributed by atoms with Crippen molar-refractivity contribution in [2.45, 2.75) is 12.1 Å². The average Bonchev–Trinajstić information content (AvgIpc) is 3.03. The predicted molar refractivity (Wildman–Crippen MR) is 111 cm³/mol. The summed E-state index contributed by atoms with van der Waals surface area (Å²) in [5, 5.41) is 12.1. The standard InChI is InChI=1S/C19H19BrN4O2S/c1-12-9-14(20)7-8-16(12)21-17(25)11-27-19-23-22-18(24(19)2)13-5-4-6-15(10-13)26-3/h4-10H,11H2,1-3H3,(H,21,25). The summed E-state index contributed by atoms with van der Waals surface area (Å²) in [6.07, 6.45) is 0. The molecule has 0 aliphatic rings. The number of ether oxygens (including phenoxy) is 1. The molecule has 2 aromatic carbocycles. The Kier molecular flexibility index (Phi) is 6.18. The number of aromatic nitrogens is 3. The summed E-state index contributed by atoms with van der Waals surface area (Å²) in [4.78, 5) is 12.3. The van der Waals surface area contributed by atoms with Gasteiger partial charge in [0.05, 0.1) is 12.9 Å². The van der Waals surface area contributed by atoms with Crippen molar-refractivity contribution in [3.05, 3.63) is 52.5 Å². The Morgan fingerprint density at radius 2 is 2.07 bits per heavy atom. The van der Waals surface area contributed by atoms with E-state index in [0.717, 1.165) is 32.9 Å². The monoisotopic (exact) mass is 446 g/mol. The number of hydrogen-bond donors (Lipinski definition) is 1. The Morgan fingerprint density at radius 1 is 1.26 bits per heavy atom. The molecular formula is C19H19BrN4O2S. The summed E-state index contributed by atoms with van der Waals surface area (Å²) >= 11 is 4.77. The molecule has 1 aromatic heterocycles. The first-order valence-corrected chi connectivity index (χ1v) is 9.98. The summed E-state index contributed by atoms with van der Waals surface area (Å²) < 4.78 is 8.11. The van der Waals surface area contributed by atoms with Crippen LogP contribution in [-0.4, -0.2) is 33.5 Å². The lowest BCUT2D eigenvalue weighted by molar-refractivity contribution is -0.113. The molecule has 1 heterocycles. The van der Waals surface area contributed by atoms with Crippen molar-refractivity contribution in [1.29, 1.82) is 0 Å². The molecule has 0 unspecified atom stereocenters. The molecule has 8 heteroatoms. The van der Waals surface area contributed by atoms with Crippen LogP contribution < -0.4 is 10.1 Å². The maximum atomic E-state index is 12.3. The maximum Gasteiger partial charge on any atom is 0.234 e. The number of carbonyl (C=O) groups is 1. The van der Waals surface area contributed by atoms with Gasteiger partial charge in [-0.15, -0.1) is 10.2 Å². The van der Waals surface area contributed by atoms with E-state index in [-0.39, 0.29) is 11.7 Å². The van der Waals surface area contributed by atoms with Gasteiger partial charge < -0.3 is 14.6 Å². The number of carbonyl (C=O) groups excluding carboxylic acids is 1. The summed E-state index contributed by atoms with van der Waals surface area (Å²) in [5.74, 6) is 1.64. The third-order valence-electron chi connectivity index (χ3n) is 3.96. The largest absolute Gasteiger partial charge is 0.497 e. The molecule has 27 heavy (non-hydrogen) atoms. The number of nitrogens with one attached hydrogen (secondary N) is 1. The number of hydrogen-bond acceptors (Lipinski definition) is 5. The molecule has 3 rings (SSSR count). The van der Waals surface area contributed by atoms with Crippen molar-refractivity contribution < 1.29 is 9.53 Å². The van der Waals surface area contributed by atoms with Crippen molar-refractivity contribution in [2.75, 3.05) is 18.2 Å². The molecule has 0 spiro atoms. The first-order valence-electron chi connectivity index (χ1n) is 8.20. The molecule has 3 aromatic rings. The normalized spacial score (nSPS) is 10.7. The van der Waals surface area contributed by atoms with Gasteiger partial charge >= 0.3 is 0 Å². The van der Waals surface area contributed by atoms with Gasteiger partial charge in [0.2, 0.25) is 5.91 Å². The zero-order valence-electron chi connectivity index (χ0n) is 15.2. The number of aryl methyl sites for hydroxylation is 1. The molecule has 1 N–H and O–H groups in total. The highest BCUT2D eigenvalue weighted by Gasteiger charge is 2.14. The zero-order chi connectivity index (χ0) is 19.4. The third-order valence-corrected chi connectivity index (χ3v) is 5.47. The van der Waals surface area contributed by atoms with E-state index in [1.54, 1.807) is 7.11 Å². The van der Waals surface area contributed by atoms with Crippen molar-refractivity contribution in [1.82, 2.24) is 14.8 Å². The maximum absolute atomic E-state index is 12.3. The number of nitrogens with zero attached hydrogens (tertiary/aromatic N) is 3. The fourth-order valence-electron chi connectivity index (χ4n) is 2.54. The Morgan fingerprint density at radius 3 is 2.81 bits per heavy atom. The molecule has 0 aliphatic heterocycles. The number of methoxy groups -OCH3 is 1. The van der Waals surface area contributed by atoms with Crippen LogP contribution >= 0.6 is 27.7 Å². The molecule has 0 radical (unpaired) electrons. The second kappa shape index (κ2) is 8.58. The molecule has 0 fully saturated rings. The van der Waals surface area contributed by atoms with Crippen LogP contribution in [0.5, 0.6) is 5.75 Å². The van der Waals surface area contributed by atoms with E-state index < -0.39 is 0 Å². The first-order chi connectivity index (χ1) is 13.0. The molecule has 0 saturated carbocycles. The van der Waals surface area contributed by atoms with Crippen LogP contribution in [0.15, 0.2) is 52.1 Å². The minimum Gasteiger partial charge on any atom is -0.497 e. The predicted octanol–water partition coefficient (Wildman–Crippen LogP) is 4.29. The Hall–Kier alpha value is -2.32. The lowest BCUT2D eigenvalue weighted by atomic mass is 10.2. The Bertz CT molecular complexity index is 974. The van der Waals surface area contributed by atoms with Gasteiger partial charge in [0.1, 0.15) is 5.75 Å². The summed E-state index contributed by atoms with van der Waals surface area (Å²) in [6.45, 7) is 1.95. The van der Waals surface area contributed by atoms with Gasteiger partial charge in [-0.05, 0) is 42.8 Å². The lowest BCUT2D eigenvalue weighted by Gasteiger charge is -2.09.